The number of aromatic nitrogens is 2. The van der Waals surface area contributed by atoms with Crippen molar-refractivity contribution in [1.29, 1.82) is 0 Å². The van der Waals surface area contributed by atoms with Crippen LogP contribution in [0.5, 0.6) is 0 Å². The number of benzene rings is 1. The molecule has 24 heavy (non-hydrogen) atoms. The number of rotatable bonds is 6. The number of hydrogen-bond donors (Lipinski definition) is 2. The number of carbonyl (C=O) groups excluding carboxylic acids is 2. The first kappa shape index (κ1) is 17.4. The highest BCUT2D eigenvalue weighted by molar-refractivity contribution is 6.07. The SMILES string of the molecule is CCC(C)Nc1ncc(C(=O)Nc2ccccc2C(=O)OC)cn1. The Labute approximate surface area is 140 Å². The fourth-order valence-corrected chi connectivity index (χ4v) is 1.92. The molecule has 0 spiro atoms. The van der Waals surface area contributed by atoms with E-state index in [0.29, 0.717) is 17.2 Å². The third-order valence-corrected chi connectivity index (χ3v) is 3.48. The molecule has 1 aromatic heterocycles. The second-order valence-corrected chi connectivity index (χ2v) is 5.24. The van der Waals surface area contributed by atoms with Crippen molar-refractivity contribution in [2.24, 2.45) is 0 Å². The monoisotopic (exact) mass is 328 g/mol. The van der Waals surface area contributed by atoms with Gasteiger partial charge >= 0.3 is 5.97 Å². The Morgan fingerprint density at radius 2 is 1.88 bits per heavy atom. The van der Waals surface area contributed by atoms with Gasteiger partial charge in [0.05, 0.1) is 23.9 Å². The molecule has 1 aromatic carbocycles. The van der Waals surface area contributed by atoms with Crippen molar-refractivity contribution in [1.82, 2.24) is 9.97 Å². The molecule has 126 valence electrons. The zero-order valence-corrected chi connectivity index (χ0v) is 13.9. The zero-order chi connectivity index (χ0) is 17.5. The van der Waals surface area contributed by atoms with Gasteiger partial charge < -0.3 is 15.4 Å². The van der Waals surface area contributed by atoms with Crippen LogP contribution in [0.1, 0.15) is 41.0 Å². The van der Waals surface area contributed by atoms with Crippen LogP contribution in [-0.4, -0.2) is 35.0 Å². The molecule has 1 unspecified atom stereocenters. The quantitative estimate of drug-likeness (QED) is 0.792. The van der Waals surface area contributed by atoms with E-state index in [1.165, 1.54) is 19.5 Å². The van der Waals surface area contributed by atoms with E-state index in [2.05, 4.69) is 27.5 Å². The molecular weight excluding hydrogens is 308 g/mol. The van der Waals surface area contributed by atoms with E-state index in [-0.39, 0.29) is 11.6 Å². The number of anilines is 2. The lowest BCUT2D eigenvalue weighted by atomic mass is 10.1. The summed E-state index contributed by atoms with van der Waals surface area (Å²) in [5, 5.41) is 5.80. The van der Waals surface area contributed by atoms with Gasteiger partial charge in [0, 0.05) is 18.4 Å². The Kier molecular flexibility index (Phi) is 5.83. The van der Waals surface area contributed by atoms with Crippen LogP contribution in [0.15, 0.2) is 36.7 Å². The van der Waals surface area contributed by atoms with E-state index in [0.717, 1.165) is 6.42 Å². The molecule has 0 aliphatic heterocycles. The number of amides is 1. The first-order chi connectivity index (χ1) is 11.5. The number of ether oxygens (including phenoxy) is 1. The fourth-order valence-electron chi connectivity index (χ4n) is 1.92. The molecule has 7 heteroatoms. The fraction of sp³-hybridized carbons (Fsp3) is 0.294. The first-order valence-electron chi connectivity index (χ1n) is 7.62. The van der Waals surface area contributed by atoms with Gasteiger partial charge in [0.25, 0.3) is 5.91 Å². The van der Waals surface area contributed by atoms with E-state index in [9.17, 15) is 9.59 Å². The molecule has 0 fully saturated rings. The van der Waals surface area contributed by atoms with E-state index >= 15 is 0 Å². The number of carbonyl (C=O) groups is 2. The Bertz CT molecular complexity index is 716. The number of para-hydroxylation sites is 1. The van der Waals surface area contributed by atoms with Crippen LogP contribution in [0, 0.1) is 0 Å². The number of nitrogens with zero attached hydrogens (tertiary/aromatic N) is 2. The van der Waals surface area contributed by atoms with Crippen LogP contribution >= 0.6 is 0 Å². The summed E-state index contributed by atoms with van der Waals surface area (Å²) in [4.78, 5) is 32.3. The summed E-state index contributed by atoms with van der Waals surface area (Å²) in [6.45, 7) is 4.08. The largest absolute Gasteiger partial charge is 0.465 e. The van der Waals surface area contributed by atoms with Crippen molar-refractivity contribution in [3.63, 3.8) is 0 Å². The molecule has 0 saturated heterocycles. The average molecular weight is 328 g/mol. The second-order valence-electron chi connectivity index (χ2n) is 5.24. The van der Waals surface area contributed by atoms with Crippen molar-refractivity contribution in [2.45, 2.75) is 26.3 Å². The first-order valence-corrected chi connectivity index (χ1v) is 7.62. The van der Waals surface area contributed by atoms with Gasteiger partial charge in [-0.1, -0.05) is 19.1 Å². The van der Waals surface area contributed by atoms with Gasteiger partial charge in [0.1, 0.15) is 0 Å². The summed E-state index contributed by atoms with van der Waals surface area (Å²) in [5.41, 5.74) is 0.949. The van der Waals surface area contributed by atoms with E-state index in [1.807, 2.05) is 6.92 Å². The predicted molar refractivity (Wildman–Crippen MR) is 91.1 cm³/mol. The molecule has 0 radical (unpaired) electrons. The van der Waals surface area contributed by atoms with Crippen molar-refractivity contribution in [2.75, 3.05) is 17.7 Å². The number of nitrogens with one attached hydrogen (secondary N) is 2. The Morgan fingerprint density at radius 1 is 1.21 bits per heavy atom. The molecule has 0 saturated carbocycles. The van der Waals surface area contributed by atoms with E-state index < -0.39 is 11.9 Å². The zero-order valence-electron chi connectivity index (χ0n) is 13.9. The Morgan fingerprint density at radius 3 is 2.50 bits per heavy atom. The van der Waals surface area contributed by atoms with Gasteiger partial charge in [-0.25, -0.2) is 14.8 Å². The minimum atomic E-state index is -0.518. The molecule has 2 aromatic rings. The molecule has 1 amide bonds. The van der Waals surface area contributed by atoms with Crippen LogP contribution in [0.25, 0.3) is 0 Å². The average Bonchev–Trinajstić information content (AvgIpc) is 2.62. The minimum Gasteiger partial charge on any atom is -0.465 e. The lowest BCUT2D eigenvalue weighted by Gasteiger charge is -2.11. The maximum Gasteiger partial charge on any atom is 0.339 e. The molecule has 0 aliphatic carbocycles. The summed E-state index contributed by atoms with van der Waals surface area (Å²) in [6.07, 6.45) is 3.82. The van der Waals surface area contributed by atoms with Crippen LogP contribution in [0.2, 0.25) is 0 Å². The van der Waals surface area contributed by atoms with Crippen molar-refractivity contribution in [3.05, 3.63) is 47.8 Å². The van der Waals surface area contributed by atoms with Crippen LogP contribution in [0.3, 0.4) is 0 Å². The smallest absolute Gasteiger partial charge is 0.339 e. The standard InChI is InChI=1S/C17H20N4O3/c1-4-11(2)20-17-18-9-12(10-19-17)15(22)21-14-8-6-5-7-13(14)16(23)24-3/h5-11H,4H2,1-3H3,(H,21,22)(H,18,19,20). The third kappa shape index (κ3) is 4.28. The van der Waals surface area contributed by atoms with Crippen molar-refractivity contribution in [3.8, 4) is 0 Å². The van der Waals surface area contributed by atoms with Crippen molar-refractivity contribution < 1.29 is 14.3 Å². The maximum absolute atomic E-state index is 12.3. The molecule has 2 rings (SSSR count). The van der Waals surface area contributed by atoms with Crippen molar-refractivity contribution >= 4 is 23.5 Å². The molecule has 2 N–H and O–H groups in total. The van der Waals surface area contributed by atoms with E-state index in [4.69, 9.17) is 4.74 Å². The highest BCUT2D eigenvalue weighted by Gasteiger charge is 2.15. The van der Waals surface area contributed by atoms with E-state index in [1.54, 1.807) is 24.3 Å². The Balaban J connectivity index is 2.12. The summed E-state index contributed by atoms with van der Waals surface area (Å²) in [5.74, 6) is -0.451. The topological polar surface area (TPSA) is 93.2 Å². The molecule has 1 heterocycles. The molecular formula is C17H20N4O3. The van der Waals surface area contributed by atoms with Gasteiger partial charge in [-0.3, -0.25) is 4.79 Å². The number of esters is 1. The summed E-state index contributed by atoms with van der Waals surface area (Å²) in [7, 11) is 1.29. The molecule has 7 nitrogen and oxygen atoms in total. The normalized spacial score (nSPS) is 11.5. The molecule has 0 aliphatic rings. The van der Waals surface area contributed by atoms with Crippen LogP contribution in [-0.2, 0) is 4.74 Å². The highest BCUT2D eigenvalue weighted by Crippen LogP contribution is 2.17. The lowest BCUT2D eigenvalue weighted by molar-refractivity contribution is 0.0602. The van der Waals surface area contributed by atoms with Gasteiger partial charge in [0.2, 0.25) is 5.95 Å². The highest BCUT2D eigenvalue weighted by atomic mass is 16.5. The number of methoxy groups -OCH3 is 1. The second kappa shape index (κ2) is 8.05. The molecule has 0 bridgehead atoms. The Hall–Kier alpha value is -2.96. The summed E-state index contributed by atoms with van der Waals surface area (Å²) in [6, 6.07) is 6.87. The number of hydrogen-bond acceptors (Lipinski definition) is 6. The third-order valence-electron chi connectivity index (χ3n) is 3.48. The summed E-state index contributed by atoms with van der Waals surface area (Å²) < 4.78 is 4.70. The van der Waals surface area contributed by atoms with Crippen LogP contribution in [0.4, 0.5) is 11.6 Å². The van der Waals surface area contributed by atoms with Gasteiger partial charge in [0.15, 0.2) is 0 Å². The summed E-state index contributed by atoms with van der Waals surface area (Å²) >= 11 is 0. The molecule has 1 atom stereocenters. The minimum absolute atomic E-state index is 0.247. The predicted octanol–water partition coefficient (Wildman–Crippen LogP) is 2.73. The van der Waals surface area contributed by atoms with Crippen LogP contribution < -0.4 is 10.6 Å². The van der Waals surface area contributed by atoms with Gasteiger partial charge in [-0.2, -0.15) is 0 Å². The van der Waals surface area contributed by atoms with Gasteiger partial charge in [-0.15, -0.1) is 0 Å². The lowest BCUT2D eigenvalue weighted by Crippen LogP contribution is -2.18. The maximum atomic E-state index is 12.3. The van der Waals surface area contributed by atoms with Gasteiger partial charge in [-0.05, 0) is 25.5 Å².